The number of halogens is 4. The van der Waals surface area contributed by atoms with E-state index in [1.165, 1.54) is 18.5 Å². The topological polar surface area (TPSA) is 86.1 Å². The number of rotatable bonds is 4. The summed E-state index contributed by atoms with van der Waals surface area (Å²) in [5.74, 6) is -6.46. The van der Waals surface area contributed by atoms with Crippen LogP contribution in [-0.4, -0.2) is 46.8 Å². The molecule has 1 aliphatic rings. The Bertz CT molecular complexity index is 986. The number of benzene rings is 1. The van der Waals surface area contributed by atoms with Crippen molar-refractivity contribution in [1.82, 2.24) is 15.2 Å². The van der Waals surface area contributed by atoms with E-state index in [2.05, 4.69) is 10.3 Å². The number of nitriles is 1. The molecule has 0 bridgehead atoms. The summed E-state index contributed by atoms with van der Waals surface area (Å²) in [4.78, 5) is 29.3. The summed E-state index contributed by atoms with van der Waals surface area (Å²) in [6.45, 7) is -1.52. The number of pyridine rings is 1. The summed E-state index contributed by atoms with van der Waals surface area (Å²) in [5, 5.41) is 11.2. The molecule has 0 spiro atoms. The second-order valence-electron chi connectivity index (χ2n) is 6.49. The van der Waals surface area contributed by atoms with Crippen molar-refractivity contribution in [2.45, 2.75) is 18.4 Å². The van der Waals surface area contributed by atoms with Gasteiger partial charge >= 0.3 is 0 Å². The fraction of sp³-hybridized carbons (Fsp3) is 0.263. The molecule has 1 aliphatic heterocycles. The van der Waals surface area contributed by atoms with Crippen LogP contribution in [0.5, 0.6) is 0 Å². The second-order valence-corrected chi connectivity index (χ2v) is 6.49. The van der Waals surface area contributed by atoms with Gasteiger partial charge in [0.15, 0.2) is 0 Å². The van der Waals surface area contributed by atoms with Crippen LogP contribution >= 0.6 is 0 Å². The lowest BCUT2D eigenvalue weighted by molar-refractivity contribution is -0.131. The Balaban J connectivity index is 1.75. The van der Waals surface area contributed by atoms with Crippen LogP contribution in [0, 0.1) is 23.0 Å². The molecular formula is C19H14F4N4O2. The van der Waals surface area contributed by atoms with Gasteiger partial charge in [-0.15, -0.1) is 0 Å². The zero-order valence-corrected chi connectivity index (χ0v) is 14.8. The smallest absolute Gasteiger partial charge is 0.268 e. The number of aromatic nitrogens is 1. The van der Waals surface area contributed by atoms with Crippen molar-refractivity contribution in [2.24, 2.45) is 0 Å². The maximum atomic E-state index is 13.5. The van der Waals surface area contributed by atoms with Gasteiger partial charge in [0.05, 0.1) is 24.7 Å². The van der Waals surface area contributed by atoms with E-state index in [9.17, 15) is 27.2 Å². The van der Waals surface area contributed by atoms with Crippen LogP contribution in [0.15, 0.2) is 36.7 Å². The fourth-order valence-corrected chi connectivity index (χ4v) is 3.08. The Morgan fingerprint density at radius 1 is 1.28 bits per heavy atom. The highest BCUT2D eigenvalue weighted by molar-refractivity contribution is 6.02. The van der Waals surface area contributed by atoms with Crippen molar-refractivity contribution in [3.05, 3.63) is 53.9 Å². The van der Waals surface area contributed by atoms with Crippen molar-refractivity contribution in [3.8, 4) is 17.2 Å². The van der Waals surface area contributed by atoms with E-state index in [0.717, 1.165) is 17.0 Å². The molecule has 1 N–H and O–H groups in total. The first-order chi connectivity index (χ1) is 13.7. The molecule has 0 aliphatic carbocycles. The maximum Gasteiger partial charge on any atom is 0.268 e. The molecule has 1 atom stereocenters. The molecule has 10 heteroatoms. The van der Waals surface area contributed by atoms with Gasteiger partial charge in [-0.1, -0.05) is 0 Å². The lowest BCUT2D eigenvalue weighted by atomic mass is 10.0. The Hall–Kier alpha value is -3.48. The van der Waals surface area contributed by atoms with Crippen molar-refractivity contribution in [2.75, 3.05) is 13.1 Å². The number of hydrogen-bond donors (Lipinski definition) is 1. The number of likely N-dealkylation sites (tertiary alicyclic amines) is 1. The number of carbonyl (C=O) groups excluding carboxylic acids is 2. The third-order valence-electron chi connectivity index (χ3n) is 4.38. The average Bonchev–Trinajstić information content (AvgIpc) is 3.00. The van der Waals surface area contributed by atoms with Gasteiger partial charge in [0.25, 0.3) is 11.8 Å². The van der Waals surface area contributed by atoms with E-state index in [0.29, 0.717) is 6.07 Å². The minimum absolute atomic E-state index is 0.0126. The summed E-state index contributed by atoms with van der Waals surface area (Å²) in [6.07, 6.45) is 1.75. The lowest BCUT2D eigenvalue weighted by Crippen LogP contribution is -2.43. The van der Waals surface area contributed by atoms with Gasteiger partial charge in [-0.05, 0) is 23.8 Å². The summed E-state index contributed by atoms with van der Waals surface area (Å²) in [7, 11) is 0. The SMILES string of the molecule is N#C[C@@H]1CC(F)(F)CN1C(=O)CNC(=O)c1ccncc1-c1cc(F)cc(F)c1. The van der Waals surface area contributed by atoms with E-state index >= 15 is 0 Å². The molecule has 2 aromatic rings. The van der Waals surface area contributed by atoms with Crippen LogP contribution in [0.1, 0.15) is 16.8 Å². The maximum absolute atomic E-state index is 13.5. The molecule has 1 aromatic heterocycles. The van der Waals surface area contributed by atoms with E-state index in [1.807, 2.05) is 0 Å². The molecule has 0 saturated carbocycles. The molecule has 1 aromatic carbocycles. The van der Waals surface area contributed by atoms with Crippen LogP contribution < -0.4 is 5.32 Å². The van der Waals surface area contributed by atoms with E-state index < -0.39 is 54.9 Å². The number of amides is 2. The molecule has 6 nitrogen and oxygen atoms in total. The highest BCUT2D eigenvalue weighted by Crippen LogP contribution is 2.31. The number of carbonyl (C=O) groups is 2. The highest BCUT2D eigenvalue weighted by Gasteiger charge is 2.47. The van der Waals surface area contributed by atoms with E-state index in [4.69, 9.17) is 5.26 Å². The number of nitrogens with one attached hydrogen (secondary N) is 1. The summed E-state index contributed by atoms with van der Waals surface area (Å²) in [5.41, 5.74) is 0.177. The van der Waals surface area contributed by atoms with Crippen LogP contribution in [0.3, 0.4) is 0 Å². The predicted molar refractivity (Wildman–Crippen MR) is 92.6 cm³/mol. The first kappa shape index (κ1) is 20.3. The third-order valence-corrected chi connectivity index (χ3v) is 4.38. The quantitative estimate of drug-likeness (QED) is 0.791. The largest absolute Gasteiger partial charge is 0.343 e. The van der Waals surface area contributed by atoms with Gasteiger partial charge < -0.3 is 10.2 Å². The monoisotopic (exact) mass is 406 g/mol. The fourth-order valence-electron chi connectivity index (χ4n) is 3.08. The van der Waals surface area contributed by atoms with Crippen LogP contribution in [0.25, 0.3) is 11.1 Å². The van der Waals surface area contributed by atoms with Gasteiger partial charge in [0.2, 0.25) is 5.91 Å². The molecule has 1 saturated heterocycles. The number of hydrogen-bond acceptors (Lipinski definition) is 4. The van der Waals surface area contributed by atoms with Crippen molar-refractivity contribution >= 4 is 11.8 Å². The normalized spacial score (nSPS) is 17.6. The lowest BCUT2D eigenvalue weighted by Gasteiger charge is -2.19. The van der Waals surface area contributed by atoms with E-state index in [-0.39, 0.29) is 16.7 Å². The minimum Gasteiger partial charge on any atom is -0.343 e. The van der Waals surface area contributed by atoms with Gasteiger partial charge in [-0.3, -0.25) is 14.6 Å². The zero-order chi connectivity index (χ0) is 21.2. The van der Waals surface area contributed by atoms with Crippen LogP contribution in [-0.2, 0) is 4.79 Å². The van der Waals surface area contributed by atoms with Crippen LogP contribution in [0.4, 0.5) is 17.6 Å². The molecular weight excluding hydrogens is 392 g/mol. The number of nitrogens with zero attached hydrogens (tertiary/aromatic N) is 3. The first-order valence-corrected chi connectivity index (χ1v) is 8.46. The molecule has 0 radical (unpaired) electrons. The zero-order valence-electron chi connectivity index (χ0n) is 14.8. The van der Waals surface area contributed by atoms with Gasteiger partial charge in [-0.25, -0.2) is 17.6 Å². The molecule has 2 amide bonds. The Morgan fingerprint density at radius 3 is 2.62 bits per heavy atom. The minimum atomic E-state index is -3.17. The van der Waals surface area contributed by atoms with Gasteiger partial charge in [0.1, 0.15) is 17.7 Å². The van der Waals surface area contributed by atoms with Gasteiger partial charge in [0, 0.05) is 30.4 Å². The third kappa shape index (κ3) is 4.51. The molecule has 0 unspecified atom stereocenters. The second kappa shape index (κ2) is 7.87. The van der Waals surface area contributed by atoms with Crippen molar-refractivity contribution in [1.29, 1.82) is 5.26 Å². The van der Waals surface area contributed by atoms with Crippen molar-refractivity contribution in [3.63, 3.8) is 0 Å². The predicted octanol–water partition coefficient (Wildman–Crippen LogP) is 2.52. The molecule has 3 rings (SSSR count). The van der Waals surface area contributed by atoms with Crippen LogP contribution in [0.2, 0.25) is 0 Å². The van der Waals surface area contributed by atoms with Crippen molar-refractivity contribution < 1.29 is 27.2 Å². The molecule has 2 heterocycles. The first-order valence-electron chi connectivity index (χ1n) is 8.46. The van der Waals surface area contributed by atoms with E-state index in [1.54, 1.807) is 6.07 Å². The summed E-state index contributed by atoms with van der Waals surface area (Å²) in [6, 6.07) is 4.37. The number of alkyl halides is 2. The average molecular weight is 406 g/mol. The standard InChI is InChI=1S/C19H14F4N4O2/c20-12-3-11(4-13(21)5-12)16-8-25-2-1-15(16)18(29)26-9-17(28)27-10-19(22,23)6-14(27)7-24/h1-5,8,14H,6,9-10H2,(H,26,29)/t14-/m0/s1. The molecule has 150 valence electrons. The van der Waals surface area contributed by atoms with Gasteiger partial charge in [-0.2, -0.15) is 5.26 Å². The molecule has 1 fully saturated rings. The Kier molecular flexibility index (Phi) is 5.50. The highest BCUT2D eigenvalue weighted by atomic mass is 19.3. The Morgan fingerprint density at radius 2 is 1.97 bits per heavy atom. The molecule has 29 heavy (non-hydrogen) atoms. The Labute approximate surface area is 162 Å². The summed E-state index contributed by atoms with van der Waals surface area (Å²) >= 11 is 0. The summed E-state index contributed by atoms with van der Waals surface area (Å²) < 4.78 is 53.9.